The van der Waals surface area contributed by atoms with Crippen LogP contribution in [0.5, 0.6) is 0 Å². The molecule has 0 N–H and O–H groups in total. The first-order chi connectivity index (χ1) is 10.2. The van der Waals surface area contributed by atoms with Crippen molar-refractivity contribution < 1.29 is 0 Å². The second-order valence-corrected chi connectivity index (χ2v) is 5.16. The van der Waals surface area contributed by atoms with Gasteiger partial charge < -0.3 is 0 Å². The first-order valence-electron chi connectivity index (χ1n) is 7.58. The minimum atomic E-state index is 0.0779. The molecule has 0 bridgehead atoms. The van der Waals surface area contributed by atoms with E-state index in [9.17, 15) is 0 Å². The summed E-state index contributed by atoms with van der Waals surface area (Å²) in [5.41, 5.74) is 0. The van der Waals surface area contributed by atoms with Gasteiger partial charge in [-0.25, -0.2) is 0 Å². The Hall–Kier alpha value is -1.65. The predicted octanol–water partition coefficient (Wildman–Crippen LogP) is 1.69. The summed E-state index contributed by atoms with van der Waals surface area (Å²) < 4.78 is 0. The normalized spacial score (nSPS) is 27.7. The maximum atomic E-state index is 9.14. The number of nitrogens with zero attached hydrogens (tertiary/aromatic N) is 6. The Labute approximate surface area is 127 Å². The molecule has 21 heavy (non-hydrogen) atoms. The van der Waals surface area contributed by atoms with Crippen molar-refractivity contribution in [3.8, 4) is 18.2 Å². The highest BCUT2D eigenvalue weighted by Gasteiger charge is 2.43. The Morgan fingerprint density at radius 2 is 0.857 bits per heavy atom. The van der Waals surface area contributed by atoms with E-state index in [0.29, 0.717) is 19.6 Å². The second kappa shape index (κ2) is 8.60. The van der Waals surface area contributed by atoms with E-state index in [1.807, 2.05) is 0 Å². The van der Waals surface area contributed by atoms with Gasteiger partial charge in [0, 0.05) is 0 Å². The lowest BCUT2D eigenvalue weighted by molar-refractivity contribution is -0.163. The van der Waals surface area contributed by atoms with Gasteiger partial charge in [-0.05, 0) is 19.3 Å². The van der Waals surface area contributed by atoms with E-state index >= 15 is 0 Å². The van der Waals surface area contributed by atoms with Gasteiger partial charge in [0.05, 0.1) is 56.3 Å². The SMILES string of the molecule is CCC1N(CC#N)C(CC)N(CC#N)C(CC)N1CC#N. The third kappa shape index (κ3) is 3.52. The number of hydrogen-bond donors (Lipinski definition) is 0. The van der Waals surface area contributed by atoms with Gasteiger partial charge in [-0.1, -0.05) is 20.8 Å². The van der Waals surface area contributed by atoms with Crippen LogP contribution in [-0.4, -0.2) is 52.8 Å². The lowest BCUT2D eigenvalue weighted by Gasteiger charge is -2.56. The fraction of sp³-hybridized carbons (Fsp3) is 0.800. The van der Waals surface area contributed by atoms with Crippen molar-refractivity contribution in [1.82, 2.24) is 14.7 Å². The Morgan fingerprint density at radius 1 is 0.619 bits per heavy atom. The highest BCUT2D eigenvalue weighted by molar-refractivity contribution is 4.98. The van der Waals surface area contributed by atoms with Crippen LogP contribution in [0.2, 0.25) is 0 Å². The molecule has 1 saturated heterocycles. The molecule has 0 saturated carbocycles. The van der Waals surface area contributed by atoms with Crippen LogP contribution in [-0.2, 0) is 0 Å². The maximum absolute atomic E-state index is 9.14. The van der Waals surface area contributed by atoms with Gasteiger partial charge in [0.1, 0.15) is 0 Å². The van der Waals surface area contributed by atoms with Crippen LogP contribution in [0, 0.1) is 34.0 Å². The molecule has 1 heterocycles. The Balaban J connectivity index is 3.22. The predicted molar refractivity (Wildman–Crippen MR) is 79.2 cm³/mol. The number of rotatable bonds is 6. The van der Waals surface area contributed by atoms with E-state index in [4.69, 9.17) is 15.8 Å². The summed E-state index contributed by atoms with van der Waals surface area (Å²) >= 11 is 0. The highest BCUT2D eigenvalue weighted by Crippen LogP contribution is 2.30. The Bertz CT molecular complexity index is 364. The molecule has 0 spiro atoms. The molecule has 6 nitrogen and oxygen atoms in total. The standard InChI is InChI=1S/C15H24N6/c1-4-13-19(10-7-16)14(5-2)21(12-9-18)15(6-3)20(13)11-8-17/h13-15H,4-6,10-12H2,1-3H3. The van der Waals surface area contributed by atoms with Crippen LogP contribution in [0.4, 0.5) is 0 Å². The molecule has 1 fully saturated rings. The van der Waals surface area contributed by atoms with Crippen molar-refractivity contribution in [2.24, 2.45) is 0 Å². The molecule has 0 aliphatic carbocycles. The molecule has 1 aliphatic rings. The third-order valence-corrected chi connectivity index (χ3v) is 4.15. The molecule has 0 aromatic rings. The average Bonchev–Trinajstić information content (AvgIpc) is 2.49. The summed E-state index contributed by atoms with van der Waals surface area (Å²) in [4.78, 5) is 6.38. The van der Waals surface area contributed by atoms with Crippen LogP contribution >= 0.6 is 0 Å². The van der Waals surface area contributed by atoms with Crippen LogP contribution in [0.25, 0.3) is 0 Å². The fourth-order valence-corrected chi connectivity index (χ4v) is 3.45. The summed E-state index contributed by atoms with van der Waals surface area (Å²) in [5, 5.41) is 27.4. The Kier molecular flexibility index (Phi) is 7.12. The molecular formula is C15H24N6. The van der Waals surface area contributed by atoms with Crippen molar-refractivity contribution >= 4 is 0 Å². The zero-order valence-corrected chi connectivity index (χ0v) is 13.2. The molecular weight excluding hydrogens is 264 g/mol. The van der Waals surface area contributed by atoms with Crippen LogP contribution in [0.3, 0.4) is 0 Å². The zero-order chi connectivity index (χ0) is 15.8. The first-order valence-corrected chi connectivity index (χ1v) is 7.58. The van der Waals surface area contributed by atoms with E-state index in [1.54, 1.807) is 0 Å². The van der Waals surface area contributed by atoms with Crippen molar-refractivity contribution in [2.45, 2.75) is 58.5 Å². The van der Waals surface area contributed by atoms with Crippen molar-refractivity contribution in [1.29, 1.82) is 15.8 Å². The van der Waals surface area contributed by atoms with Gasteiger partial charge in [-0.2, -0.15) is 15.8 Å². The third-order valence-electron chi connectivity index (χ3n) is 4.15. The fourth-order valence-electron chi connectivity index (χ4n) is 3.45. The summed E-state index contributed by atoms with van der Waals surface area (Å²) in [7, 11) is 0. The molecule has 114 valence electrons. The smallest absolute Gasteiger partial charge is 0.0891 e. The van der Waals surface area contributed by atoms with E-state index < -0.39 is 0 Å². The lowest BCUT2D eigenvalue weighted by Crippen LogP contribution is -2.70. The van der Waals surface area contributed by atoms with Crippen LogP contribution in [0.15, 0.2) is 0 Å². The van der Waals surface area contributed by atoms with Crippen molar-refractivity contribution in [2.75, 3.05) is 19.6 Å². The Morgan fingerprint density at radius 3 is 1.00 bits per heavy atom. The van der Waals surface area contributed by atoms with Gasteiger partial charge in [0.25, 0.3) is 0 Å². The van der Waals surface area contributed by atoms with Crippen LogP contribution in [0.1, 0.15) is 40.0 Å². The number of nitriles is 3. The van der Waals surface area contributed by atoms with Gasteiger partial charge in [0.2, 0.25) is 0 Å². The largest absolute Gasteiger partial charge is 0.259 e. The molecule has 0 aromatic heterocycles. The van der Waals surface area contributed by atoms with Gasteiger partial charge in [0.15, 0.2) is 0 Å². The minimum absolute atomic E-state index is 0.0779. The lowest BCUT2D eigenvalue weighted by atomic mass is 10.1. The van der Waals surface area contributed by atoms with E-state index in [2.05, 4.69) is 53.7 Å². The molecule has 0 atom stereocenters. The summed E-state index contributed by atoms with van der Waals surface area (Å²) in [6, 6.07) is 6.69. The van der Waals surface area contributed by atoms with E-state index in [-0.39, 0.29) is 18.5 Å². The molecule has 0 aromatic carbocycles. The monoisotopic (exact) mass is 288 g/mol. The topological polar surface area (TPSA) is 81.1 Å². The molecule has 0 amide bonds. The second-order valence-electron chi connectivity index (χ2n) is 5.16. The molecule has 6 heteroatoms. The quantitative estimate of drug-likeness (QED) is 0.692. The van der Waals surface area contributed by atoms with Gasteiger partial charge in [-0.15, -0.1) is 0 Å². The van der Waals surface area contributed by atoms with Crippen molar-refractivity contribution in [3.05, 3.63) is 0 Å². The summed E-state index contributed by atoms with van der Waals surface area (Å²) in [6.07, 6.45) is 2.81. The first kappa shape index (κ1) is 17.4. The van der Waals surface area contributed by atoms with Gasteiger partial charge >= 0.3 is 0 Å². The van der Waals surface area contributed by atoms with Crippen molar-refractivity contribution in [3.63, 3.8) is 0 Å². The highest BCUT2D eigenvalue weighted by atomic mass is 15.6. The molecule has 1 aliphatic heterocycles. The van der Waals surface area contributed by atoms with Gasteiger partial charge in [-0.3, -0.25) is 14.7 Å². The molecule has 1 rings (SSSR count). The van der Waals surface area contributed by atoms with E-state index in [0.717, 1.165) is 19.3 Å². The number of hydrogen-bond acceptors (Lipinski definition) is 6. The molecule has 0 unspecified atom stereocenters. The van der Waals surface area contributed by atoms with Crippen LogP contribution < -0.4 is 0 Å². The zero-order valence-electron chi connectivity index (χ0n) is 13.2. The molecule has 0 radical (unpaired) electrons. The van der Waals surface area contributed by atoms with E-state index in [1.165, 1.54) is 0 Å². The minimum Gasteiger partial charge on any atom is -0.259 e. The summed E-state index contributed by atoms with van der Waals surface area (Å²) in [5.74, 6) is 0. The summed E-state index contributed by atoms with van der Waals surface area (Å²) in [6.45, 7) is 7.20. The maximum Gasteiger partial charge on any atom is 0.0891 e. The average molecular weight is 288 g/mol.